The molecule has 0 spiro atoms. The number of hydrogen-bond acceptors (Lipinski definition) is 7. The lowest BCUT2D eigenvalue weighted by Crippen LogP contribution is -2.00. The molecule has 0 aliphatic rings. The van der Waals surface area contributed by atoms with E-state index >= 15 is 0 Å². The fourth-order valence-corrected chi connectivity index (χ4v) is 7.66. The normalized spacial score (nSPS) is 11.7. The summed E-state index contributed by atoms with van der Waals surface area (Å²) in [7, 11) is 0. The van der Waals surface area contributed by atoms with Gasteiger partial charge in [-0.1, -0.05) is 115 Å². The van der Waals surface area contributed by atoms with Gasteiger partial charge in [0.15, 0.2) is 17.5 Å². The first-order valence-electron chi connectivity index (χ1n) is 17.7. The molecule has 0 aliphatic carbocycles. The first kappa shape index (κ1) is 30.1. The minimum absolute atomic E-state index is 0.567. The highest BCUT2D eigenvalue weighted by atomic mass is 16.3. The van der Waals surface area contributed by atoms with Crippen LogP contribution in [0.1, 0.15) is 0 Å². The summed E-state index contributed by atoms with van der Waals surface area (Å²) < 4.78 is 12.2. The van der Waals surface area contributed by atoms with Crippen LogP contribution in [0.4, 0.5) is 0 Å². The Morgan fingerprint density at radius 1 is 0.315 bits per heavy atom. The van der Waals surface area contributed by atoms with Crippen molar-refractivity contribution in [2.45, 2.75) is 0 Å². The number of hydrogen-bond donors (Lipinski definition) is 0. The van der Waals surface area contributed by atoms with Gasteiger partial charge in [-0.05, 0) is 69.4 Å². The van der Waals surface area contributed by atoms with Gasteiger partial charge in [-0.15, -0.1) is 0 Å². The van der Waals surface area contributed by atoms with E-state index in [0.717, 1.165) is 82.4 Å². The smallest absolute Gasteiger partial charge is 0.227 e. The molecule has 5 aromatic heterocycles. The van der Waals surface area contributed by atoms with Crippen LogP contribution in [0, 0.1) is 0 Å². The number of aromatic nitrogens is 5. The molecule has 7 heteroatoms. The topological polar surface area (TPSA) is 90.7 Å². The Balaban J connectivity index is 1.04. The van der Waals surface area contributed by atoms with Gasteiger partial charge in [0.2, 0.25) is 11.4 Å². The lowest BCUT2D eigenvalue weighted by Gasteiger charge is -2.13. The largest absolute Gasteiger partial charge is 0.438 e. The summed E-state index contributed by atoms with van der Waals surface area (Å²) >= 11 is 0. The monoisotopic (exact) mass is 693 g/mol. The molecule has 11 aromatic rings. The molecule has 0 saturated carbocycles. The SMILES string of the molecule is c1ccc(-c2nc(-c3ccc(-c4ccc(-c5cccc6oc7ncccc7c56)c5ccccc45)cc3)nc(-c3cccc4oc5ncccc5c34)n2)cc1. The van der Waals surface area contributed by atoms with Crippen molar-refractivity contribution in [3.05, 3.63) is 164 Å². The predicted octanol–water partition coefficient (Wildman–Crippen LogP) is 11.9. The second-order valence-electron chi connectivity index (χ2n) is 13.2. The first-order valence-corrected chi connectivity index (χ1v) is 17.7. The van der Waals surface area contributed by atoms with Gasteiger partial charge in [0, 0.05) is 50.6 Å². The Hall–Kier alpha value is -7.51. The summed E-state index contributed by atoms with van der Waals surface area (Å²) in [6.07, 6.45) is 3.50. The maximum atomic E-state index is 6.13. The summed E-state index contributed by atoms with van der Waals surface area (Å²) in [5.41, 5.74) is 9.94. The van der Waals surface area contributed by atoms with Crippen LogP contribution in [0.25, 0.3) is 111 Å². The van der Waals surface area contributed by atoms with E-state index in [-0.39, 0.29) is 0 Å². The third-order valence-electron chi connectivity index (χ3n) is 10.1. The van der Waals surface area contributed by atoms with Gasteiger partial charge in [0.1, 0.15) is 11.2 Å². The van der Waals surface area contributed by atoms with Gasteiger partial charge in [0.05, 0.1) is 0 Å². The molecule has 6 aromatic carbocycles. The highest BCUT2D eigenvalue weighted by Crippen LogP contribution is 2.42. The molecule has 5 heterocycles. The number of nitrogens with zero attached hydrogens (tertiary/aromatic N) is 5. The van der Waals surface area contributed by atoms with Crippen molar-refractivity contribution in [2.75, 3.05) is 0 Å². The predicted molar refractivity (Wildman–Crippen MR) is 215 cm³/mol. The van der Waals surface area contributed by atoms with Gasteiger partial charge in [-0.25, -0.2) is 24.9 Å². The van der Waals surface area contributed by atoms with Crippen LogP contribution in [0.5, 0.6) is 0 Å². The van der Waals surface area contributed by atoms with Crippen molar-refractivity contribution in [3.8, 4) is 56.4 Å². The molecule has 0 aliphatic heterocycles. The Morgan fingerprint density at radius 3 is 1.48 bits per heavy atom. The number of rotatable bonds is 5. The third-order valence-corrected chi connectivity index (χ3v) is 10.1. The molecule has 0 bridgehead atoms. The minimum Gasteiger partial charge on any atom is -0.438 e. The van der Waals surface area contributed by atoms with Crippen molar-refractivity contribution < 1.29 is 8.83 Å². The lowest BCUT2D eigenvalue weighted by atomic mass is 9.90. The number of fused-ring (bicyclic) bond motifs is 7. The zero-order chi connectivity index (χ0) is 35.6. The average Bonchev–Trinajstić information content (AvgIpc) is 3.82. The second kappa shape index (κ2) is 12.0. The van der Waals surface area contributed by atoms with Crippen LogP contribution in [0.15, 0.2) is 173 Å². The van der Waals surface area contributed by atoms with E-state index in [4.69, 9.17) is 23.8 Å². The van der Waals surface area contributed by atoms with Gasteiger partial charge in [0.25, 0.3) is 0 Å². The van der Waals surface area contributed by atoms with Gasteiger partial charge < -0.3 is 8.83 Å². The van der Waals surface area contributed by atoms with E-state index in [9.17, 15) is 0 Å². The van der Waals surface area contributed by atoms with Crippen molar-refractivity contribution in [1.29, 1.82) is 0 Å². The Morgan fingerprint density at radius 2 is 0.815 bits per heavy atom. The molecule has 0 N–H and O–H groups in total. The summed E-state index contributed by atoms with van der Waals surface area (Å²) in [5.74, 6) is 1.75. The molecule has 0 fully saturated rings. The minimum atomic E-state index is 0.567. The van der Waals surface area contributed by atoms with Crippen LogP contribution < -0.4 is 0 Å². The molecule has 0 amide bonds. The lowest BCUT2D eigenvalue weighted by molar-refractivity contribution is 0.653. The van der Waals surface area contributed by atoms with Crippen LogP contribution in [0.2, 0.25) is 0 Å². The van der Waals surface area contributed by atoms with E-state index in [2.05, 4.69) is 82.8 Å². The maximum absolute atomic E-state index is 6.13. The fraction of sp³-hybridized carbons (Fsp3) is 0. The molecule has 0 saturated heterocycles. The van der Waals surface area contributed by atoms with Crippen LogP contribution >= 0.6 is 0 Å². The Bertz CT molecular complexity index is 3220. The summed E-state index contributed by atoms with van der Waals surface area (Å²) in [4.78, 5) is 24.0. The standard InChI is InChI=1S/C47H27N5O2/c1-2-10-29(11-3-1)43-50-44(52-45(51-43)36-15-7-19-40-42(36)38-17-9-27-49-47(38)54-40)30-22-20-28(21-23-30)31-24-25-34(33-13-5-4-12-32(31)33)35-14-6-18-39-41(35)37-16-8-26-48-46(37)53-39/h1-27H. The molecule has 7 nitrogen and oxygen atoms in total. The van der Waals surface area contributed by atoms with Gasteiger partial charge in [-0.2, -0.15) is 0 Å². The van der Waals surface area contributed by atoms with E-state index < -0.39 is 0 Å². The molecular weight excluding hydrogens is 667 g/mol. The van der Waals surface area contributed by atoms with E-state index in [0.29, 0.717) is 28.9 Å². The van der Waals surface area contributed by atoms with Crippen molar-refractivity contribution in [3.63, 3.8) is 0 Å². The zero-order valence-electron chi connectivity index (χ0n) is 28.6. The molecule has 0 unspecified atom stereocenters. The molecular formula is C47H27N5O2. The van der Waals surface area contributed by atoms with E-state index in [1.165, 1.54) is 0 Å². The number of benzene rings is 6. The van der Waals surface area contributed by atoms with Gasteiger partial charge in [-0.3, -0.25) is 0 Å². The van der Waals surface area contributed by atoms with Crippen LogP contribution in [0.3, 0.4) is 0 Å². The zero-order valence-corrected chi connectivity index (χ0v) is 28.6. The second-order valence-corrected chi connectivity index (χ2v) is 13.2. The molecule has 11 rings (SSSR count). The molecule has 0 atom stereocenters. The van der Waals surface area contributed by atoms with Gasteiger partial charge >= 0.3 is 0 Å². The quantitative estimate of drug-likeness (QED) is 0.177. The molecule has 252 valence electrons. The highest BCUT2D eigenvalue weighted by molar-refractivity contribution is 6.16. The summed E-state index contributed by atoms with van der Waals surface area (Å²) in [6.45, 7) is 0. The van der Waals surface area contributed by atoms with E-state index in [1.54, 1.807) is 12.4 Å². The van der Waals surface area contributed by atoms with E-state index in [1.807, 2.05) is 78.9 Å². The number of furan rings is 2. The number of pyridine rings is 2. The van der Waals surface area contributed by atoms with Crippen molar-refractivity contribution >= 4 is 54.9 Å². The summed E-state index contributed by atoms with van der Waals surface area (Å²) in [6, 6.07) is 51.6. The van der Waals surface area contributed by atoms with Crippen LogP contribution in [-0.4, -0.2) is 24.9 Å². The molecule has 54 heavy (non-hydrogen) atoms. The molecule has 0 radical (unpaired) electrons. The summed E-state index contributed by atoms with van der Waals surface area (Å²) in [5, 5.41) is 6.25. The third kappa shape index (κ3) is 4.79. The fourth-order valence-electron chi connectivity index (χ4n) is 7.66. The highest BCUT2D eigenvalue weighted by Gasteiger charge is 2.19. The van der Waals surface area contributed by atoms with Crippen molar-refractivity contribution in [2.24, 2.45) is 0 Å². The Kier molecular flexibility index (Phi) is 6.72. The van der Waals surface area contributed by atoms with Crippen molar-refractivity contribution in [1.82, 2.24) is 24.9 Å². The first-order chi connectivity index (χ1) is 26.8. The maximum Gasteiger partial charge on any atom is 0.227 e. The van der Waals surface area contributed by atoms with Crippen LogP contribution in [-0.2, 0) is 0 Å². The average molecular weight is 694 g/mol. The Labute approximate surface area is 308 Å².